The minimum Gasteiger partial charge on any atom is -0.336 e. The first-order valence-electron chi connectivity index (χ1n) is 6.65. The first-order chi connectivity index (χ1) is 11.5. The average Bonchev–Trinajstić information content (AvgIpc) is 2.53. The van der Waals surface area contributed by atoms with Crippen LogP contribution in [-0.4, -0.2) is 15.2 Å². The fraction of sp³-hybridized carbons (Fsp3) is 0. The van der Waals surface area contributed by atoms with Gasteiger partial charge in [0.1, 0.15) is 11.6 Å². The van der Waals surface area contributed by atoms with Crippen LogP contribution < -0.4 is 10.6 Å². The van der Waals surface area contributed by atoms with Crippen molar-refractivity contribution in [2.45, 2.75) is 0 Å². The molecule has 0 saturated carbocycles. The van der Waals surface area contributed by atoms with Crippen molar-refractivity contribution < 1.29 is 8.78 Å². The zero-order chi connectivity index (χ0) is 17.1. The summed E-state index contributed by atoms with van der Waals surface area (Å²) in [4.78, 5) is 4.14. The highest BCUT2D eigenvalue weighted by Crippen LogP contribution is 2.27. The van der Waals surface area contributed by atoms with Gasteiger partial charge >= 0.3 is 0 Å². The quantitative estimate of drug-likeness (QED) is 0.683. The van der Waals surface area contributed by atoms with Crippen LogP contribution in [0.4, 0.5) is 31.9 Å². The van der Waals surface area contributed by atoms with Crippen LogP contribution in [0.15, 0.2) is 42.6 Å². The van der Waals surface area contributed by atoms with Gasteiger partial charge in [0.15, 0.2) is 5.82 Å². The highest BCUT2D eigenvalue weighted by molar-refractivity contribution is 6.36. The van der Waals surface area contributed by atoms with E-state index in [0.29, 0.717) is 15.7 Å². The third-order valence-corrected chi connectivity index (χ3v) is 3.48. The summed E-state index contributed by atoms with van der Waals surface area (Å²) < 4.78 is 26.6. The normalized spacial score (nSPS) is 10.5. The molecule has 2 N–H and O–H groups in total. The van der Waals surface area contributed by atoms with E-state index in [0.717, 1.165) is 12.1 Å². The van der Waals surface area contributed by atoms with Gasteiger partial charge in [0, 0.05) is 11.1 Å². The van der Waals surface area contributed by atoms with E-state index >= 15 is 0 Å². The smallest absolute Gasteiger partial charge is 0.249 e. The summed E-state index contributed by atoms with van der Waals surface area (Å²) in [6.07, 6.45) is 1.30. The van der Waals surface area contributed by atoms with Gasteiger partial charge in [0.2, 0.25) is 5.95 Å². The van der Waals surface area contributed by atoms with E-state index in [4.69, 9.17) is 23.2 Å². The average molecular weight is 368 g/mol. The van der Waals surface area contributed by atoms with E-state index in [1.807, 2.05) is 0 Å². The minimum absolute atomic E-state index is 0.0624. The standard InChI is InChI=1S/C15H9Cl2F2N5/c16-8-1-3-12(10(17)5-8)22-15-23-14(7-20-24-15)21-13-4-2-9(18)6-11(13)19/h1-7H,(H2,21,22,23,24). The molecule has 1 heterocycles. The largest absolute Gasteiger partial charge is 0.336 e. The summed E-state index contributed by atoms with van der Waals surface area (Å²) in [7, 11) is 0. The molecule has 0 aliphatic heterocycles. The van der Waals surface area contributed by atoms with E-state index in [1.54, 1.807) is 18.2 Å². The monoisotopic (exact) mass is 367 g/mol. The summed E-state index contributed by atoms with van der Waals surface area (Å²) in [5, 5.41) is 14.0. The van der Waals surface area contributed by atoms with Crippen LogP contribution in [0.3, 0.4) is 0 Å². The number of nitrogens with zero attached hydrogens (tertiary/aromatic N) is 3. The molecule has 5 nitrogen and oxygen atoms in total. The van der Waals surface area contributed by atoms with Gasteiger partial charge in [-0.2, -0.15) is 10.1 Å². The fourth-order valence-electron chi connectivity index (χ4n) is 1.86. The highest BCUT2D eigenvalue weighted by atomic mass is 35.5. The Morgan fingerprint density at radius 1 is 0.917 bits per heavy atom. The maximum absolute atomic E-state index is 13.7. The van der Waals surface area contributed by atoms with Gasteiger partial charge in [0.05, 0.1) is 22.6 Å². The van der Waals surface area contributed by atoms with Crippen molar-refractivity contribution in [2.24, 2.45) is 0 Å². The number of hydrogen-bond donors (Lipinski definition) is 2. The Labute approximate surface area is 145 Å². The van der Waals surface area contributed by atoms with Gasteiger partial charge in [0.25, 0.3) is 0 Å². The molecule has 0 fully saturated rings. The molecule has 24 heavy (non-hydrogen) atoms. The van der Waals surface area contributed by atoms with Crippen LogP contribution in [0, 0.1) is 11.6 Å². The second-order valence-corrected chi connectivity index (χ2v) is 5.51. The lowest BCUT2D eigenvalue weighted by Gasteiger charge is -2.09. The first kappa shape index (κ1) is 16.4. The molecule has 3 rings (SSSR count). The highest BCUT2D eigenvalue weighted by Gasteiger charge is 2.08. The van der Waals surface area contributed by atoms with Crippen molar-refractivity contribution in [2.75, 3.05) is 10.6 Å². The lowest BCUT2D eigenvalue weighted by molar-refractivity contribution is 0.586. The Balaban J connectivity index is 1.81. The number of rotatable bonds is 4. The molecule has 0 unspecified atom stereocenters. The minimum atomic E-state index is -0.746. The molecule has 0 bridgehead atoms. The van der Waals surface area contributed by atoms with Crippen LogP contribution in [0.25, 0.3) is 0 Å². The molecule has 122 valence electrons. The molecule has 0 radical (unpaired) electrons. The summed E-state index contributed by atoms with van der Waals surface area (Å²) in [6.45, 7) is 0. The molecule has 3 aromatic rings. The van der Waals surface area contributed by atoms with E-state index in [-0.39, 0.29) is 17.5 Å². The summed E-state index contributed by atoms with van der Waals surface area (Å²) in [5.41, 5.74) is 0.598. The lowest BCUT2D eigenvalue weighted by atomic mass is 10.3. The van der Waals surface area contributed by atoms with Crippen molar-refractivity contribution in [1.82, 2.24) is 15.2 Å². The molecule has 1 aromatic heterocycles. The summed E-state index contributed by atoms with van der Waals surface area (Å²) >= 11 is 11.9. The van der Waals surface area contributed by atoms with Crippen molar-refractivity contribution in [3.05, 3.63) is 64.3 Å². The Kier molecular flexibility index (Phi) is 4.73. The summed E-state index contributed by atoms with van der Waals surface area (Å²) in [5.74, 6) is -1.04. The van der Waals surface area contributed by atoms with Gasteiger partial charge in [-0.25, -0.2) is 8.78 Å². The number of benzene rings is 2. The van der Waals surface area contributed by atoms with Gasteiger partial charge in [-0.1, -0.05) is 23.2 Å². The number of hydrogen-bond acceptors (Lipinski definition) is 5. The maximum atomic E-state index is 13.7. The van der Waals surface area contributed by atoms with Gasteiger partial charge in [-0.05, 0) is 30.3 Å². The molecule has 0 aliphatic rings. The molecule has 0 aliphatic carbocycles. The SMILES string of the molecule is Fc1ccc(Nc2cnnc(Nc3ccc(Cl)cc3Cl)n2)c(F)c1. The molecular weight excluding hydrogens is 359 g/mol. The third kappa shape index (κ3) is 3.87. The third-order valence-electron chi connectivity index (χ3n) is 2.93. The summed E-state index contributed by atoms with van der Waals surface area (Å²) in [6, 6.07) is 8.04. The number of anilines is 4. The zero-order valence-electron chi connectivity index (χ0n) is 11.9. The molecular formula is C15H9Cl2F2N5. The van der Waals surface area contributed by atoms with E-state index in [2.05, 4.69) is 25.8 Å². The Hall–Kier alpha value is -2.51. The number of halogens is 4. The Bertz CT molecular complexity index is 823. The zero-order valence-corrected chi connectivity index (χ0v) is 13.4. The second-order valence-electron chi connectivity index (χ2n) is 4.66. The number of nitrogens with one attached hydrogen (secondary N) is 2. The molecule has 0 saturated heterocycles. The predicted octanol–water partition coefficient (Wildman–Crippen LogP) is 4.94. The van der Waals surface area contributed by atoms with Crippen molar-refractivity contribution in [3.8, 4) is 0 Å². The molecule has 0 spiro atoms. The van der Waals surface area contributed by atoms with Crippen molar-refractivity contribution >= 4 is 46.3 Å². The van der Waals surface area contributed by atoms with Gasteiger partial charge < -0.3 is 10.6 Å². The van der Waals surface area contributed by atoms with Crippen LogP contribution in [0.1, 0.15) is 0 Å². The molecule has 2 aromatic carbocycles. The first-order valence-corrected chi connectivity index (χ1v) is 7.41. The molecule has 9 heteroatoms. The van der Waals surface area contributed by atoms with Crippen molar-refractivity contribution in [3.63, 3.8) is 0 Å². The second kappa shape index (κ2) is 6.94. The van der Waals surface area contributed by atoms with E-state index in [1.165, 1.54) is 12.3 Å². The van der Waals surface area contributed by atoms with E-state index < -0.39 is 11.6 Å². The van der Waals surface area contributed by atoms with Crippen LogP contribution in [0.2, 0.25) is 10.0 Å². The predicted molar refractivity (Wildman–Crippen MR) is 89.2 cm³/mol. The van der Waals surface area contributed by atoms with Crippen LogP contribution in [-0.2, 0) is 0 Å². The molecule has 0 amide bonds. The lowest BCUT2D eigenvalue weighted by Crippen LogP contribution is -2.03. The Morgan fingerprint density at radius 3 is 2.46 bits per heavy atom. The Morgan fingerprint density at radius 2 is 1.71 bits per heavy atom. The van der Waals surface area contributed by atoms with E-state index in [9.17, 15) is 8.78 Å². The van der Waals surface area contributed by atoms with Gasteiger partial charge in [-0.15, -0.1) is 5.10 Å². The number of aromatic nitrogens is 3. The fourth-order valence-corrected chi connectivity index (χ4v) is 2.31. The topological polar surface area (TPSA) is 62.7 Å². The van der Waals surface area contributed by atoms with Gasteiger partial charge in [-0.3, -0.25) is 0 Å². The van der Waals surface area contributed by atoms with Crippen LogP contribution in [0.5, 0.6) is 0 Å². The molecule has 0 atom stereocenters. The van der Waals surface area contributed by atoms with Crippen LogP contribution >= 0.6 is 23.2 Å². The maximum Gasteiger partial charge on any atom is 0.249 e. The van der Waals surface area contributed by atoms with Crippen molar-refractivity contribution in [1.29, 1.82) is 0 Å².